The van der Waals surface area contributed by atoms with E-state index in [0.29, 0.717) is 21.7 Å². The second-order valence-corrected chi connectivity index (χ2v) is 7.25. The van der Waals surface area contributed by atoms with Gasteiger partial charge in [0.1, 0.15) is 6.54 Å². The van der Waals surface area contributed by atoms with E-state index in [4.69, 9.17) is 11.6 Å². The van der Waals surface area contributed by atoms with Crippen LogP contribution in [0.2, 0.25) is 5.02 Å². The Morgan fingerprint density at radius 3 is 2.13 bits per heavy atom. The summed E-state index contributed by atoms with van der Waals surface area (Å²) < 4.78 is 2.58. The molecular weight excluding hydrogens is 402 g/mol. The highest BCUT2D eigenvalue weighted by Gasteiger charge is 2.16. The number of rotatable bonds is 5. The fourth-order valence-corrected chi connectivity index (χ4v) is 3.50. The summed E-state index contributed by atoms with van der Waals surface area (Å²) in [6, 6.07) is 23.2. The van der Waals surface area contributed by atoms with Crippen LogP contribution in [0, 0.1) is 0 Å². The molecule has 4 rings (SSSR count). The molecule has 150 valence electrons. The SMILES string of the molecule is O=C(Cn1c(=O)c(=O)n(Cc2ccccc2)c2ccc(Cl)cc21)Nc1ccccc1. The lowest BCUT2D eigenvalue weighted by atomic mass is 10.2. The Kier molecular flexibility index (Phi) is 5.50. The number of benzene rings is 3. The summed E-state index contributed by atoms with van der Waals surface area (Å²) in [6.07, 6.45) is 0. The topological polar surface area (TPSA) is 73.1 Å². The molecule has 0 saturated heterocycles. The van der Waals surface area contributed by atoms with Crippen molar-refractivity contribution in [1.29, 1.82) is 0 Å². The minimum absolute atomic E-state index is 0.240. The molecule has 0 atom stereocenters. The number of hydrogen-bond donors (Lipinski definition) is 1. The number of halogens is 1. The average Bonchev–Trinajstić information content (AvgIpc) is 2.76. The summed E-state index contributed by atoms with van der Waals surface area (Å²) in [6.45, 7) is -0.0594. The number of aromatic nitrogens is 2. The van der Waals surface area contributed by atoms with E-state index in [-0.39, 0.29) is 13.1 Å². The van der Waals surface area contributed by atoms with E-state index in [2.05, 4.69) is 5.32 Å². The highest BCUT2D eigenvalue weighted by Crippen LogP contribution is 2.18. The molecule has 0 aliphatic rings. The second-order valence-electron chi connectivity index (χ2n) is 6.82. The zero-order chi connectivity index (χ0) is 21.1. The standard InChI is InChI=1S/C23H18ClN3O3/c24-17-11-12-19-20(13-17)27(15-21(28)25-18-9-5-2-6-10-18)23(30)22(29)26(19)14-16-7-3-1-4-8-16/h1-13H,14-15H2,(H,25,28). The van der Waals surface area contributed by atoms with Crippen molar-refractivity contribution in [2.75, 3.05) is 5.32 Å². The molecule has 1 aromatic heterocycles. The summed E-state index contributed by atoms with van der Waals surface area (Å²) in [4.78, 5) is 38.3. The summed E-state index contributed by atoms with van der Waals surface area (Å²) in [5.41, 5.74) is 0.974. The number of hydrogen-bond acceptors (Lipinski definition) is 3. The van der Waals surface area contributed by atoms with Crippen molar-refractivity contribution in [2.24, 2.45) is 0 Å². The first-order valence-electron chi connectivity index (χ1n) is 9.34. The lowest BCUT2D eigenvalue weighted by Crippen LogP contribution is -2.43. The summed E-state index contributed by atoms with van der Waals surface area (Å²) in [5.74, 6) is -0.412. The molecule has 1 heterocycles. The van der Waals surface area contributed by atoms with Crippen LogP contribution in [0.15, 0.2) is 88.5 Å². The highest BCUT2D eigenvalue weighted by atomic mass is 35.5. The van der Waals surface area contributed by atoms with Crippen LogP contribution in [-0.4, -0.2) is 15.0 Å². The largest absolute Gasteiger partial charge is 0.325 e. The molecule has 0 unspecified atom stereocenters. The summed E-state index contributed by atoms with van der Waals surface area (Å²) in [7, 11) is 0. The van der Waals surface area contributed by atoms with Gasteiger partial charge in [-0.05, 0) is 35.9 Å². The van der Waals surface area contributed by atoms with Crippen molar-refractivity contribution in [1.82, 2.24) is 9.13 Å². The second kappa shape index (κ2) is 8.39. The normalized spacial score (nSPS) is 10.8. The maximum absolute atomic E-state index is 12.9. The minimum Gasteiger partial charge on any atom is -0.325 e. The zero-order valence-electron chi connectivity index (χ0n) is 15.9. The highest BCUT2D eigenvalue weighted by molar-refractivity contribution is 6.31. The Hall–Kier alpha value is -3.64. The quantitative estimate of drug-likeness (QED) is 0.503. The molecular formula is C23H18ClN3O3. The predicted octanol–water partition coefficient (Wildman–Crippen LogP) is 3.50. The van der Waals surface area contributed by atoms with Gasteiger partial charge in [0.05, 0.1) is 17.6 Å². The number of nitrogens with zero attached hydrogens (tertiary/aromatic N) is 2. The van der Waals surface area contributed by atoms with Crippen LogP contribution in [0.5, 0.6) is 0 Å². The number of fused-ring (bicyclic) bond motifs is 1. The Labute approximate surface area is 177 Å². The lowest BCUT2D eigenvalue weighted by molar-refractivity contribution is -0.116. The van der Waals surface area contributed by atoms with E-state index >= 15 is 0 Å². The first-order chi connectivity index (χ1) is 14.5. The molecule has 3 aromatic carbocycles. The molecule has 0 bridgehead atoms. The van der Waals surface area contributed by atoms with Gasteiger partial charge < -0.3 is 5.32 Å². The molecule has 30 heavy (non-hydrogen) atoms. The van der Waals surface area contributed by atoms with Crippen molar-refractivity contribution in [2.45, 2.75) is 13.1 Å². The molecule has 0 spiro atoms. The van der Waals surface area contributed by atoms with Crippen molar-refractivity contribution in [3.8, 4) is 0 Å². The third kappa shape index (κ3) is 4.04. The molecule has 6 nitrogen and oxygen atoms in total. The minimum atomic E-state index is -0.774. The van der Waals surface area contributed by atoms with Crippen molar-refractivity contribution >= 4 is 34.2 Å². The summed E-state index contributed by atoms with van der Waals surface area (Å²) in [5, 5.41) is 3.14. The van der Waals surface area contributed by atoms with Gasteiger partial charge >= 0.3 is 11.1 Å². The van der Waals surface area contributed by atoms with Gasteiger partial charge in [-0.1, -0.05) is 60.1 Å². The van der Waals surface area contributed by atoms with Gasteiger partial charge in [0, 0.05) is 10.7 Å². The monoisotopic (exact) mass is 419 g/mol. The van der Waals surface area contributed by atoms with Crippen LogP contribution in [0.1, 0.15) is 5.56 Å². The van der Waals surface area contributed by atoms with Crippen LogP contribution < -0.4 is 16.4 Å². The van der Waals surface area contributed by atoms with Crippen LogP contribution in [0.4, 0.5) is 5.69 Å². The number of anilines is 1. The van der Waals surface area contributed by atoms with E-state index in [1.54, 1.807) is 42.5 Å². The van der Waals surface area contributed by atoms with Crippen LogP contribution in [0.25, 0.3) is 11.0 Å². The van der Waals surface area contributed by atoms with E-state index in [0.717, 1.165) is 5.56 Å². The van der Waals surface area contributed by atoms with Gasteiger partial charge in [-0.3, -0.25) is 23.5 Å². The number of carbonyl (C=O) groups excluding carboxylic acids is 1. The molecule has 0 radical (unpaired) electrons. The van der Waals surface area contributed by atoms with E-state index in [9.17, 15) is 14.4 Å². The lowest BCUT2D eigenvalue weighted by Gasteiger charge is -2.15. The van der Waals surface area contributed by atoms with Crippen LogP contribution in [-0.2, 0) is 17.9 Å². The third-order valence-corrected chi connectivity index (χ3v) is 4.97. The van der Waals surface area contributed by atoms with E-state index in [1.807, 2.05) is 36.4 Å². The number of nitrogens with one attached hydrogen (secondary N) is 1. The molecule has 7 heteroatoms. The van der Waals surface area contributed by atoms with Crippen molar-refractivity contribution < 1.29 is 4.79 Å². The third-order valence-electron chi connectivity index (χ3n) is 4.74. The van der Waals surface area contributed by atoms with Gasteiger partial charge in [0.15, 0.2) is 0 Å². The van der Waals surface area contributed by atoms with Gasteiger partial charge in [0.2, 0.25) is 5.91 Å². The molecule has 0 aliphatic carbocycles. The van der Waals surface area contributed by atoms with Crippen molar-refractivity contribution in [3.05, 3.63) is 110 Å². The number of para-hydroxylation sites is 1. The maximum Gasteiger partial charge on any atom is 0.317 e. The van der Waals surface area contributed by atoms with Gasteiger partial charge in [-0.2, -0.15) is 0 Å². The summed E-state index contributed by atoms with van der Waals surface area (Å²) >= 11 is 6.16. The molecule has 1 amide bonds. The molecule has 0 aliphatic heterocycles. The fraction of sp³-hybridized carbons (Fsp3) is 0.0870. The molecule has 1 N–H and O–H groups in total. The first kappa shape index (κ1) is 19.7. The fourth-order valence-electron chi connectivity index (χ4n) is 3.34. The Morgan fingerprint density at radius 1 is 0.800 bits per heavy atom. The zero-order valence-corrected chi connectivity index (χ0v) is 16.7. The van der Waals surface area contributed by atoms with Gasteiger partial charge in [-0.15, -0.1) is 0 Å². The Morgan fingerprint density at radius 2 is 1.43 bits per heavy atom. The Bertz CT molecular complexity index is 1330. The maximum atomic E-state index is 12.9. The molecule has 0 fully saturated rings. The molecule has 4 aromatic rings. The first-order valence-corrected chi connectivity index (χ1v) is 9.72. The average molecular weight is 420 g/mol. The molecule has 0 saturated carbocycles. The van der Waals surface area contributed by atoms with Crippen LogP contribution in [0.3, 0.4) is 0 Å². The number of carbonyl (C=O) groups is 1. The number of amides is 1. The van der Waals surface area contributed by atoms with Gasteiger partial charge in [-0.25, -0.2) is 0 Å². The van der Waals surface area contributed by atoms with Crippen molar-refractivity contribution in [3.63, 3.8) is 0 Å². The van der Waals surface area contributed by atoms with Crippen LogP contribution >= 0.6 is 11.6 Å². The van der Waals surface area contributed by atoms with E-state index in [1.165, 1.54) is 9.13 Å². The predicted molar refractivity (Wildman–Crippen MR) is 118 cm³/mol. The van der Waals surface area contributed by atoms with E-state index < -0.39 is 17.0 Å². The Balaban J connectivity index is 1.79. The van der Waals surface area contributed by atoms with Gasteiger partial charge in [0.25, 0.3) is 0 Å². The smallest absolute Gasteiger partial charge is 0.317 e.